The van der Waals surface area contributed by atoms with E-state index in [9.17, 15) is 9.90 Å². The molecule has 0 bridgehead atoms. The molecule has 37 heavy (non-hydrogen) atoms. The lowest BCUT2D eigenvalue weighted by Gasteiger charge is -2.23. The Balaban J connectivity index is 1.52. The minimum atomic E-state index is -0.0523. The quantitative estimate of drug-likeness (QED) is 0.325. The first kappa shape index (κ1) is 24.8. The topological polar surface area (TPSA) is 73.1 Å². The zero-order chi connectivity index (χ0) is 25.8. The minimum Gasteiger partial charge on any atom is -0.494 e. The lowest BCUT2D eigenvalue weighted by atomic mass is 10.00. The summed E-state index contributed by atoms with van der Waals surface area (Å²) in [6.07, 6.45) is 3.99. The smallest absolute Gasteiger partial charge is 0.253 e. The number of likely N-dealkylation sites (tertiary alicyclic amines) is 1. The van der Waals surface area contributed by atoms with Crippen LogP contribution >= 0.6 is 0 Å². The molecule has 0 saturated carbocycles. The number of quaternary nitrogens is 1. The Kier molecular flexibility index (Phi) is 7.37. The number of amides is 1. The average molecular weight is 496 g/mol. The maximum Gasteiger partial charge on any atom is 0.253 e. The van der Waals surface area contributed by atoms with E-state index >= 15 is 0 Å². The van der Waals surface area contributed by atoms with Crippen molar-refractivity contribution < 1.29 is 14.8 Å². The Bertz CT molecular complexity index is 1400. The Morgan fingerprint density at radius 1 is 0.973 bits per heavy atom. The highest BCUT2D eigenvalue weighted by molar-refractivity contribution is 6.22. The maximum atomic E-state index is 12.7. The third kappa shape index (κ3) is 5.44. The SMILES string of the molecule is CCN(C)C(=O)c1ccc2c(C(=Nc3ccc(C[NH+]4CCCCC4)cc3)c3ccccc3)c(O)[nH]c2c1. The van der Waals surface area contributed by atoms with Crippen LogP contribution in [0.2, 0.25) is 0 Å². The van der Waals surface area contributed by atoms with Crippen LogP contribution in [0.4, 0.5) is 5.69 Å². The van der Waals surface area contributed by atoms with E-state index < -0.39 is 0 Å². The molecule has 0 radical (unpaired) electrons. The van der Waals surface area contributed by atoms with Gasteiger partial charge in [0.05, 0.1) is 30.1 Å². The molecule has 2 heterocycles. The normalized spacial score (nSPS) is 14.7. The van der Waals surface area contributed by atoms with Crippen LogP contribution in [0.1, 0.15) is 53.2 Å². The number of piperidine rings is 1. The van der Waals surface area contributed by atoms with E-state index in [4.69, 9.17) is 4.99 Å². The first-order chi connectivity index (χ1) is 18.0. The van der Waals surface area contributed by atoms with Crippen molar-refractivity contribution in [2.45, 2.75) is 32.7 Å². The number of fused-ring (bicyclic) bond motifs is 1. The predicted octanol–water partition coefficient (Wildman–Crippen LogP) is 4.70. The second kappa shape index (κ2) is 11.0. The summed E-state index contributed by atoms with van der Waals surface area (Å²) in [5, 5.41) is 11.8. The maximum absolute atomic E-state index is 12.7. The van der Waals surface area contributed by atoms with Crippen molar-refractivity contribution in [2.24, 2.45) is 4.99 Å². The second-order valence-electron chi connectivity index (χ2n) is 9.91. The molecule has 1 saturated heterocycles. The van der Waals surface area contributed by atoms with Gasteiger partial charge in [-0.1, -0.05) is 48.5 Å². The van der Waals surface area contributed by atoms with Gasteiger partial charge in [-0.3, -0.25) is 4.79 Å². The van der Waals surface area contributed by atoms with Crippen LogP contribution in [-0.4, -0.2) is 53.3 Å². The highest BCUT2D eigenvalue weighted by Crippen LogP contribution is 2.32. The molecule has 0 atom stereocenters. The zero-order valence-electron chi connectivity index (χ0n) is 21.6. The number of aromatic nitrogens is 1. The fourth-order valence-corrected chi connectivity index (χ4v) is 5.12. The molecule has 6 heteroatoms. The van der Waals surface area contributed by atoms with Gasteiger partial charge in [0.2, 0.25) is 0 Å². The van der Waals surface area contributed by atoms with Crippen molar-refractivity contribution in [1.82, 2.24) is 9.88 Å². The number of aliphatic imine (C=N–C) groups is 1. The van der Waals surface area contributed by atoms with Crippen molar-refractivity contribution in [3.8, 4) is 5.88 Å². The van der Waals surface area contributed by atoms with Gasteiger partial charge in [0.25, 0.3) is 5.91 Å². The Morgan fingerprint density at radius 3 is 2.41 bits per heavy atom. The number of carbonyl (C=O) groups excluding carboxylic acids is 1. The number of carbonyl (C=O) groups is 1. The van der Waals surface area contributed by atoms with Gasteiger partial charge < -0.3 is 19.9 Å². The van der Waals surface area contributed by atoms with Crippen LogP contribution in [0.5, 0.6) is 5.88 Å². The van der Waals surface area contributed by atoms with E-state index in [1.165, 1.54) is 37.9 Å². The molecule has 0 unspecified atom stereocenters. The van der Waals surface area contributed by atoms with Gasteiger partial charge in [-0.25, -0.2) is 4.99 Å². The molecule has 3 aromatic carbocycles. The molecule has 6 nitrogen and oxygen atoms in total. The molecule has 1 fully saturated rings. The number of aromatic hydroxyl groups is 1. The number of hydrogen-bond acceptors (Lipinski definition) is 3. The standard InChI is InChI=1S/C31H34N4O2/c1-3-34(2)31(37)24-14-17-26-27(20-24)33-30(36)28(26)29(23-10-6-4-7-11-23)32-25-15-12-22(13-16-25)21-35-18-8-5-9-19-35/h4,6-7,10-17,20,33,36H,3,5,8-9,18-19,21H2,1-2H3/p+1. The van der Waals surface area contributed by atoms with E-state index in [1.54, 1.807) is 22.9 Å². The number of hydrogen-bond donors (Lipinski definition) is 3. The molecule has 1 aromatic heterocycles. The summed E-state index contributed by atoms with van der Waals surface area (Å²) in [4.78, 5) is 24.1. The fourth-order valence-electron chi connectivity index (χ4n) is 5.12. The molecule has 0 aliphatic carbocycles. The molecule has 3 N–H and O–H groups in total. The highest BCUT2D eigenvalue weighted by atomic mass is 16.3. The van der Waals surface area contributed by atoms with Crippen LogP contribution in [0, 0.1) is 0 Å². The number of aromatic amines is 1. The summed E-state index contributed by atoms with van der Waals surface area (Å²) >= 11 is 0. The summed E-state index contributed by atoms with van der Waals surface area (Å²) in [5.41, 5.74) is 5.66. The van der Waals surface area contributed by atoms with Crippen LogP contribution in [-0.2, 0) is 6.54 Å². The van der Waals surface area contributed by atoms with E-state index in [-0.39, 0.29) is 11.8 Å². The van der Waals surface area contributed by atoms with Crippen molar-refractivity contribution in [3.63, 3.8) is 0 Å². The Labute approximate surface area is 218 Å². The molecule has 5 rings (SSSR count). The monoisotopic (exact) mass is 495 g/mol. The third-order valence-electron chi connectivity index (χ3n) is 7.32. The number of rotatable bonds is 7. The van der Waals surface area contributed by atoms with Crippen LogP contribution in [0.15, 0.2) is 77.8 Å². The van der Waals surface area contributed by atoms with E-state index in [2.05, 4.69) is 29.2 Å². The first-order valence-electron chi connectivity index (χ1n) is 13.2. The van der Waals surface area contributed by atoms with Gasteiger partial charge in [0, 0.05) is 41.2 Å². The predicted molar refractivity (Wildman–Crippen MR) is 149 cm³/mol. The van der Waals surface area contributed by atoms with Gasteiger partial charge in [-0.2, -0.15) is 0 Å². The molecule has 1 aliphatic rings. The molecule has 4 aromatic rings. The average Bonchev–Trinajstić information content (AvgIpc) is 3.27. The van der Waals surface area contributed by atoms with Crippen LogP contribution in [0.25, 0.3) is 10.9 Å². The minimum absolute atomic E-state index is 0.0383. The van der Waals surface area contributed by atoms with Gasteiger partial charge in [-0.15, -0.1) is 0 Å². The lowest BCUT2D eigenvalue weighted by molar-refractivity contribution is -0.918. The van der Waals surface area contributed by atoms with E-state index in [0.717, 1.165) is 23.2 Å². The lowest BCUT2D eigenvalue weighted by Crippen LogP contribution is -3.11. The second-order valence-corrected chi connectivity index (χ2v) is 9.91. The van der Waals surface area contributed by atoms with E-state index in [1.807, 2.05) is 49.4 Å². The fraction of sp³-hybridized carbons (Fsp3) is 0.290. The first-order valence-corrected chi connectivity index (χ1v) is 13.2. The Morgan fingerprint density at radius 2 is 1.70 bits per heavy atom. The summed E-state index contributed by atoms with van der Waals surface area (Å²) < 4.78 is 0. The molecular formula is C31H35N4O2+. The van der Waals surface area contributed by atoms with Crippen molar-refractivity contribution in [2.75, 3.05) is 26.7 Å². The summed E-state index contributed by atoms with van der Waals surface area (Å²) in [6.45, 7) is 6.12. The zero-order valence-corrected chi connectivity index (χ0v) is 21.6. The number of benzene rings is 3. The Hall–Kier alpha value is -3.90. The van der Waals surface area contributed by atoms with Gasteiger partial charge >= 0.3 is 0 Å². The van der Waals surface area contributed by atoms with Gasteiger partial charge in [0.15, 0.2) is 5.88 Å². The van der Waals surface area contributed by atoms with Crippen LogP contribution < -0.4 is 4.90 Å². The van der Waals surface area contributed by atoms with Crippen molar-refractivity contribution in [3.05, 3.63) is 95.1 Å². The molecular weight excluding hydrogens is 460 g/mol. The van der Waals surface area contributed by atoms with Gasteiger partial charge in [-0.05, 0) is 50.5 Å². The number of H-pyrrole nitrogens is 1. The molecule has 1 amide bonds. The largest absolute Gasteiger partial charge is 0.494 e. The summed E-state index contributed by atoms with van der Waals surface area (Å²) in [7, 11) is 1.78. The highest BCUT2D eigenvalue weighted by Gasteiger charge is 2.20. The number of nitrogens with zero attached hydrogens (tertiary/aromatic N) is 2. The number of nitrogens with one attached hydrogen (secondary N) is 2. The molecule has 0 spiro atoms. The molecule has 1 aliphatic heterocycles. The van der Waals surface area contributed by atoms with Gasteiger partial charge in [0.1, 0.15) is 6.54 Å². The molecule has 190 valence electrons. The summed E-state index contributed by atoms with van der Waals surface area (Å²) in [6, 6.07) is 23.9. The van der Waals surface area contributed by atoms with Crippen LogP contribution in [0.3, 0.4) is 0 Å². The summed E-state index contributed by atoms with van der Waals surface area (Å²) in [5.74, 6) is -0.0140. The third-order valence-corrected chi connectivity index (χ3v) is 7.32. The van der Waals surface area contributed by atoms with E-state index in [0.29, 0.717) is 28.9 Å². The van der Waals surface area contributed by atoms with Crippen molar-refractivity contribution >= 4 is 28.2 Å². The van der Waals surface area contributed by atoms with Crippen molar-refractivity contribution in [1.29, 1.82) is 0 Å².